The number of alkyl halides is 3. The molecule has 0 unspecified atom stereocenters. The van der Waals surface area contributed by atoms with Crippen LogP contribution in [-0.2, 0) is 14.9 Å². The zero-order chi connectivity index (χ0) is 20.5. The molecule has 1 aliphatic rings. The maximum absolute atomic E-state index is 12.5. The van der Waals surface area contributed by atoms with Crippen molar-refractivity contribution >= 4 is 26.9 Å². The van der Waals surface area contributed by atoms with Crippen molar-refractivity contribution in [3.05, 3.63) is 60.2 Å². The maximum atomic E-state index is 12.5. The molecule has 9 heteroatoms. The Kier molecular flexibility index (Phi) is 5.28. The molecule has 0 amide bonds. The molecule has 0 bridgehead atoms. The third-order valence-corrected chi connectivity index (χ3v) is 5.31. The third-order valence-electron chi connectivity index (χ3n) is 4.03. The minimum atomic E-state index is -4.00. The van der Waals surface area contributed by atoms with Gasteiger partial charge in [0, 0.05) is 11.1 Å². The summed E-state index contributed by atoms with van der Waals surface area (Å²) < 4.78 is 64.0. The summed E-state index contributed by atoms with van der Waals surface area (Å²) >= 11 is 0. The Morgan fingerprint density at radius 2 is 1.64 bits per heavy atom. The van der Waals surface area contributed by atoms with Crippen LogP contribution in [-0.4, -0.2) is 28.2 Å². The second kappa shape index (κ2) is 7.51. The lowest BCUT2D eigenvalue weighted by atomic mass is 9.94. The highest BCUT2D eigenvalue weighted by atomic mass is 32.2. The number of carbonyl (C=O) groups excluding carboxylic acids is 1. The minimum absolute atomic E-state index is 0.0132. The first-order chi connectivity index (χ1) is 13.3. The van der Waals surface area contributed by atoms with Crippen LogP contribution in [0.3, 0.4) is 0 Å². The van der Waals surface area contributed by atoms with Crippen LogP contribution in [0.1, 0.15) is 10.4 Å². The van der Waals surface area contributed by atoms with Gasteiger partial charge in [0.2, 0.25) is 0 Å². The molecule has 5 nitrogen and oxygen atoms in total. The molecule has 4 rings (SSSR count). The Bertz CT molecular complexity index is 1160. The van der Waals surface area contributed by atoms with Gasteiger partial charge in [-0.2, -0.15) is 21.6 Å². The SMILES string of the molecule is COC(=O)c1cc2ccccc2c2c1OS(=O)(=O)c1ccccc1-2.FC(F)F. The topological polar surface area (TPSA) is 69.7 Å². The zero-order valence-corrected chi connectivity index (χ0v) is 15.2. The van der Waals surface area contributed by atoms with E-state index in [2.05, 4.69) is 0 Å². The van der Waals surface area contributed by atoms with Crippen molar-refractivity contribution in [2.75, 3.05) is 7.11 Å². The normalized spacial score (nSPS) is 13.6. The van der Waals surface area contributed by atoms with Crippen molar-refractivity contribution in [3.8, 4) is 16.9 Å². The fourth-order valence-electron chi connectivity index (χ4n) is 2.99. The van der Waals surface area contributed by atoms with Gasteiger partial charge >= 0.3 is 22.8 Å². The van der Waals surface area contributed by atoms with E-state index in [1.165, 1.54) is 13.2 Å². The standard InChI is InChI=1S/C18H12O5S.CHF3/c1-22-18(19)14-10-11-6-2-3-7-12(11)16-13-8-4-5-9-15(13)24(20,21)23-17(14)16;2-1(3)4/h2-10H,1H3;1H. The average Bonchev–Trinajstić information content (AvgIpc) is 2.66. The number of hydrogen-bond acceptors (Lipinski definition) is 5. The minimum Gasteiger partial charge on any atom is -0.465 e. The molecule has 3 aromatic carbocycles. The van der Waals surface area contributed by atoms with E-state index in [4.69, 9.17) is 8.92 Å². The molecule has 1 heterocycles. The fourth-order valence-corrected chi connectivity index (χ4v) is 4.16. The van der Waals surface area contributed by atoms with Gasteiger partial charge in [-0.25, -0.2) is 4.79 Å². The lowest BCUT2D eigenvalue weighted by Crippen LogP contribution is -2.19. The number of halogens is 3. The number of hydrogen-bond donors (Lipinski definition) is 0. The molecule has 0 saturated carbocycles. The first kappa shape index (κ1) is 19.7. The second-order valence-electron chi connectivity index (χ2n) is 5.62. The summed E-state index contributed by atoms with van der Waals surface area (Å²) in [5.74, 6) is -0.633. The van der Waals surface area contributed by atoms with E-state index in [1.54, 1.807) is 24.3 Å². The Labute approximate surface area is 158 Å². The van der Waals surface area contributed by atoms with Crippen LogP contribution in [0, 0.1) is 0 Å². The van der Waals surface area contributed by atoms with Gasteiger partial charge in [-0.3, -0.25) is 0 Å². The molecular formula is C19H13F3O5S. The molecule has 0 fully saturated rings. The van der Waals surface area contributed by atoms with E-state index in [1.807, 2.05) is 24.3 Å². The summed E-state index contributed by atoms with van der Waals surface area (Å²) in [5.41, 5.74) is 1.18. The third kappa shape index (κ3) is 3.53. The Hall–Kier alpha value is -3.07. The molecular weight excluding hydrogens is 397 g/mol. The van der Waals surface area contributed by atoms with Gasteiger partial charge in [-0.05, 0) is 22.9 Å². The van der Waals surface area contributed by atoms with Crippen LogP contribution < -0.4 is 4.18 Å². The molecule has 0 atom stereocenters. The molecule has 1 aliphatic heterocycles. The number of carbonyl (C=O) groups is 1. The molecule has 0 spiro atoms. The highest BCUT2D eigenvalue weighted by Gasteiger charge is 2.34. The Balaban J connectivity index is 0.000000516. The Morgan fingerprint density at radius 1 is 1.04 bits per heavy atom. The monoisotopic (exact) mass is 410 g/mol. The van der Waals surface area contributed by atoms with Crippen molar-refractivity contribution in [2.24, 2.45) is 0 Å². The summed E-state index contributed by atoms with van der Waals surface area (Å²) in [7, 11) is -2.75. The van der Waals surface area contributed by atoms with E-state index in [-0.39, 0.29) is 16.2 Å². The molecule has 3 aromatic rings. The van der Waals surface area contributed by atoms with Crippen LogP contribution in [0.2, 0.25) is 0 Å². The highest BCUT2D eigenvalue weighted by Crippen LogP contribution is 2.47. The van der Waals surface area contributed by atoms with Crippen molar-refractivity contribution in [2.45, 2.75) is 11.6 Å². The van der Waals surface area contributed by atoms with Crippen LogP contribution in [0.25, 0.3) is 21.9 Å². The smallest absolute Gasteiger partial charge is 0.379 e. The van der Waals surface area contributed by atoms with Crippen LogP contribution in [0.5, 0.6) is 5.75 Å². The highest BCUT2D eigenvalue weighted by molar-refractivity contribution is 7.87. The lowest BCUT2D eigenvalue weighted by molar-refractivity contribution is 0.00817. The molecule has 28 heavy (non-hydrogen) atoms. The number of fused-ring (bicyclic) bond motifs is 5. The predicted octanol–water partition coefficient (Wildman–Crippen LogP) is 4.55. The summed E-state index contributed by atoms with van der Waals surface area (Å²) in [5, 5.41) is 1.61. The molecule has 0 radical (unpaired) electrons. The van der Waals surface area contributed by atoms with Crippen molar-refractivity contribution in [1.82, 2.24) is 0 Å². The molecule has 0 N–H and O–H groups in total. The summed E-state index contributed by atoms with van der Waals surface area (Å²) in [4.78, 5) is 12.2. The van der Waals surface area contributed by atoms with Gasteiger partial charge in [0.05, 0.1) is 7.11 Å². The van der Waals surface area contributed by atoms with Gasteiger partial charge in [0.25, 0.3) is 0 Å². The van der Waals surface area contributed by atoms with Crippen LogP contribution in [0.4, 0.5) is 13.2 Å². The number of benzene rings is 3. The van der Waals surface area contributed by atoms with E-state index in [0.29, 0.717) is 11.1 Å². The van der Waals surface area contributed by atoms with Crippen LogP contribution in [0.15, 0.2) is 59.5 Å². The molecule has 0 saturated heterocycles. The van der Waals surface area contributed by atoms with Crippen molar-refractivity contribution in [3.63, 3.8) is 0 Å². The van der Waals surface area contributed by atoms with Gasteiger partial charge in [0.15, 0.2) is 5.75 Å². The molecule has 146 valence electrons. The van der Waals surface area contributed by atoms with Crippen LogP contribution >= 0.6 is 0 Å². The number of esters is 1. The van der Waals surface area contributed by atoms with Gasteiger partial charge in [0.1, 0.15) is 10.5 Å². The number of rotatable bonds is 1. The molecule has 0 aromatic heterocycles. The summed E-state index contributed by atoms with van der Waals surface area (Å²) in [6.07, 6.45) is 0. The van der Waals surface area contributed by atoms with Gasteiger partial charge < -0.3 is 8.92 Å². The van der Waals surface area contributed by atoms with E-state index in [9.17, 15) is 26.4 Å². The number of methoxy groups -OCH3 is 1. The molecule has 0 aliphatic carbocycles. The van der Waals surface area contributed by atoms with Gasteiger partial charge in [-0.15, -0.1) is 0 Å². The maximum Gasteiger partial charge on any atom is 0.379 e. The predicted molar refractivity (Wildman–Crippen MR) is 95.6 cm³/mol. The largest absolute Gasteiger partial charge is 0.465 e. The quantitative estimate of drug-likeness (QED) is 0.435. The summed E-state index contributed by atoms with van der Waals surface area (Å²) in [6.45, 7) is -3.67. The zero-order valence-electron chi connectivity index (χ0n) is 14.4. The first-order valence-corrected chi connectivity index (χ1v) is 9.27. The first-order valence-electron chi connectivity index (χ1n) is 7.86. The van der Waals surface area contributed by atoms with E-state index in [0.717, 1.165) is 10.8 Å². The van der Waals surface area contributed by atoms with Crippen molar-refractivity contribution < 1.29 is 35.3 Å². The van der Waals surface area contributed by atoms with E-state index >= 15 is 0 Å². The Morgan fingerprint density at radius 3 is 2.32 bits per heavy atom. The second-order valence-corrected chi connectivity index (χ2v) is 7.14. The van der Waals surface area contributed by atoms with E-state index < -0.39 is 22.8 Å². The fraction of sp³-hybridized carbons (Fsp3) is 0.105. The average molecular weight is 410 g/mol. The van der Waals surface area contributed by atoms with Crippen molar-refractivity contribution in [1.29, 1.82) is 0 Å². The lowest BCUT2D eigenvalue weighted by Gasteiger charge is -2.23. The number of ether oxygens (including phenoxy) is 1. The van der Waals surface area contributed by atoms with Gasteiger partial charge in [-0.1, -0.05) is 42.5 Å². The summed E-state index contributed by atoms with van der Waals surface area (Å²) in [6, 6.07) is 15.6.